The summed E-state index contributed by atoms with van der Waals surface area (Å²) in [5.41, 5.74) is 1.64. The highest BCUT2D eigenvalue weighted by molar-refractivity contribution is 7.90. The largest absolute Gasteiger partial charge is 0.468 e. The van der Waals surface area contributed by atoms with Crippen LogP contribution in [0.3, 0.4) is 0 Å². The summed E-state index contributed by atoms with van der Waals surface area (Å²) < 4.78 is 36.7. The van der Waals surface area contributed by atoms with Gasteiger partial charge in [0.2, 0.25) is 5.91 Å². The molecular weight excluding hydrogens is 492 g/mol. The minimum Gasteiger partial charge on any atom is -0.468 e. The lowest BCUT2D eigenvalue weighted by atomic mass is 10.2. The number of sulfone groups is 1. The Kier molecular flexibility index (Phi) is 8.94. The summed E-state index contributed by atoms with van der Waals surface area (Å²) in [6.45, 7) is 1.77. The second kappa shape index (κ2) is 11.9. The van der Waals surface area contributed by atoms with E-state index in [4.69, 9.17) is 9.47 Å². The van der Waals surface area contributed by atoms with Crippen LogP contribution in [0.1, 0.15) is 35.7 Å². The fraction of sp³-hybridized carbons (Fsp3) is 0.333. The number of hydrogen-bond donors (Lipinski definition) is 0. The molecule has 0 saturated heterocycles. The molecule has 9 nitrogen and oxygen atoms in total. The molecule has 0 aliphatic heterocycles. The lowest BCUT2D eigenvalue weighted by Gasteiger charge is -2.05. The lowest BCUT2D eigenvalue weighted by Crippen LogP contribution is -2.22. The van der Waals surface area contributed by atoms with Gasteiger partial charge in [0.25, 0.3) is 0 Å². The van der Waals surface area contributed by atoms with Crippen molar-refractivity contribution in [2.75, 3.05) is 19.5 Å². The van der Waals surface area contributed by atoms with Crippen LogP contribution in [0.2, 0.25) is 0 Å². The van der Waals surface area contributed by atoms with Gasteiger partial charge in [0, 0.05) is 6.42 Å². The van der Waals surface area contributed by atoms with E-state index >= 15 is 0 Å². The molecule has 3 rings (SSSR count). The number of rotatable bonds is 10. The molecule has 0 aliphatic carbocycles. The van der Waals surface area contributed by atoms with Crippen molar-refractivity contribution in [3.05, 3.63) is 64.5 Å². The van der Waals surface area contributed by atoms with Crippen LogP contribution in [-0.2, 0) is 41.2 Å². The first-order valence-corrected chi connectivity index (χ1v) is 13.6. The standard InChI is InChI=1S/C24H26N2O7S2/c1-3-33-23(29)18-11-12-19-20(14-18)34-24(26(19)15-22(28)32-2)25-21(27)10-7-13-35(30,31)16-17-8-5-4-6-9-17/h4-6,8-9,11-12,14H,3,7,10,13,15-16H2,1-2H3. The van der Waals surface area contributed by atoms with Crippen LogP contribution >= 0.6 is 11.3 Å². The topological polar surface area (TPSA) is 121 Å². The number of benzene rings is 2. The third-order valence-electron chi connectivity index (χ3n) is 5.00. The van der Waals surface area contributed by atoms with Crippen molar-refractivity contribution in [3.63, 3.8) is 0 Å². The van der Waals surface area contributed by atoms with Gasteiger partial charge in [-0.25, -0.2) is 13.2 Å². The molecule has 0 unspecified atom stereocenters. The zero-order valence-corrected chi connectivity index (χ0v) is 21.1. The number of ether oxygens (including phenoxy) is 2. The molecule has 0 bridgehead atoms. The summed E-state index contributed by atoms with van der Waals surface area (Å²) in [7, 11) is -2.11. The van der Waals surface area contributed by atoms with Gasteiger partial charge in [0.05, 0.1) is 41.0 Å². The van der Waals surface area contributed by atoms with Crippen molar-refractivity contribution in [2.24, 2.45) is 4.99 Å². The zero-order chi connectivity index (χ0) is 25.4. The fourth-order valence-corrected chi connectivity index (χ4v) is 5.87. The number of fused-ring (bicyclic) bond motifs is 1. The second-order valence-corrected chi connectivity index (χ2v) is 10.8. The quantitative estimate of drug-likeness (QED) is 0.378. The Balaban J connectivity index is 1.79. The Morgan fingerprint density at radius 3 is 2.51 bits per heavy atom. The number of carbonyl (C=O) groups excluding carboxylic acids is 3. The Hall–Kier alpha value is -3.31. The van der Waals surface area contributed by atoms with Gasteiger partial charge < -0.3 is 14.0 Å². The Labute approximate surface area is 206 Å². The minimum absolute atomic E-state index is 0.0609. The van der Waals surface area contributed by atoms with Crippen molar-refractivity contribution in [3.8, 4) is 0 Å². The molecule has 1 aromatic heterocycles. The van der Waals surface area contributed by atoms with Crippen molar-refractivity contribution in [1.82, 2.24) is 4.57 Å². The van der Waals surface area contributed by atoms with E-state index in [1.165, 1.54) is 11.7 Å². The molecule has 3 aromatic rings. The van der Waals surface area contributed by atoms with E-state index < -0.39 is 27.7 Å². The van der Waals surface area contributed by atoms with Crippen LogP contribution in [0.5, 0.6) is 0 Å². The number of aromatic nitrogens is 1. The van der Waals surface area contributed by atoms with Gasteiger partial charge >= 0.3 is 11.9 Å². The first kappa shape index (κ1) is 26.3. The van der Waals surface area contributed by atoms with Gasteiger partial charge in [-0.15, -0.1) is 0 Å². The number of amides is 1. The molecule has 0 aliphatic rings. The zero-order valence-electron chi connectivity index (χ0n) is 19.4. The third kappa shape index (κ3) is 7.33. The number of esters is 2. The van der Waals surface area contributed by atoms with Gasteiger partial charge in [0.1, 0.15) is 6.54 Å². The molecule has 1 heterocycles. The Bertz CT molecular complexity index is 1390. The molecule has 186 valence electrons. The third-order valence-corrected chi connectivity index (χ3v) is 7.73. The fourth-order valence-electron chi connectivity index (χ4n) is 3.35. The molecule has 0 atom stereocenters. The highest BCUT2D eigenvalue weighted by Gasteiger charge is 2.16. The molecule has 0 fully saturated rings. The maximum Gasteiger partial charge on any atom is 0.338 e. The normalized spacial score (nSPS) is 12.0. The first-order valence-electron chi connectivity index (χ1n) is 10.9. The number of nitrogens with zero attached hydrogens (tertiary/aromatic N) is 2. The molecule has 2 aromatic carbocycles. The second-order valence-electron chi connectivity index (χ2n) is 7.64. The monoisotopic (exact) mass is 518 g/mol. The van der Waals surface area contributed by atoms with E-state index in [-0.39, 0.29) is 42.3 Å². The first-order chi connectivity index (χ1) is 16.7. The van der Waals surface area contributed by atoms with E-state index in [1.54, 1.807) is 49.4 Å². The van der Waals surface area contributed by atoms with Crippen LogP contribution in [0, 0.1) is 0 Å². The summed E-state index contributed by atoms with van der Waals surface area (Å²) >= 11 is 1.14. The van der Waals surface area contributed by atoms with Crippen molar-refractivity contribution >= 4 is 49.2 Å². The Morgan fingerprint density at radius 2 is 1.83 bits per heavy atom. The average Bonchev–Trinajstić information content (AvgIpc) is 3.15. The molecule has 0 spiro atoms. The van der Waals surface area contributed by atoms with Crippen LogP contribution in [0.15, 0.2) is 53.5 Å². The van der Waals surface area contributed by atoms with Crippen molar-refractivity contribution in [1.29, 1.82) is 0 Å². The van der Waals surface area contributed by atoms with Gasteiger partial charge in [-0.1, -0.05) is 41.7 Å². The maximum absolute atomic E-state index is 12.5. The summed E-state index contributed by atoms with van der Waals surface area (Å²) in [5, 5.41) is 0. The van der Waals surface area contributed by atoms with Gasteiger partial charge in [-0.05, 0) is 37.1 Å². The molecule has 0 N–H and O–H groups in total. The van der Waals surface area contributed by atoms with E-state index in [0.717, 1.165) is 11.3 Å². The van der Waals surface area contributed by atoms with Gasteiger partial charge in [-0.2, -0.15) is 4.99 Å². The van der Waals surface area contributed by atoms with Crippen LogP contribution in [0.4, 0.5) is 0 Å². The maximum atomic E-state index is 12.5. The number of hydrogen-bond acceptors (Lipinski definition) is 8. The average molecular weight is 519 g/mol. The summed E-state index contributed by atoms with van der Waals surface area (Å²) in [5.74, 6) is -1.73. The number of thiazole rings is 1. The van der Waals surface area contributed by atoms with E-state index in [2.05, 4.69) is 4.99 Å². The highest BCUT2D eigenvalue weighted by atomic mass is 32.2. The smallest absolute Gasteiger partial charge is 0.338 e. The van der Waals surface area contributed by atoms with E-state index in [9.17, 15) is 22.8 Å². The Morgan fingerprint density at radius 1 is 1.09 bits per heavy atom. The van der Waals surface area contributed by atoms with E-state index in [0.29, 0.717) is 21.3 Å². The predicted molar refractivity (Wildman–Crippen MR) is 132 cm³/mol. The summed E-state index contributed by atoms with van der Waals surface area (Å²) in [6, 6.07) is 13.7. The molecular formula is C24H26N2O7S2. The number of methoxy groups -OCH3 is 1. The SMILES string of the molecule is CCOC(=O)c1ccc2c(c1)sc(=NC(=O)CCCS(=O)(=O)Cc1ccccc1)n2CC(=O)OC. The minimum atomic E-state index is -3.37. The molecule has 11 heteroatoms. The van der Waals surface area contributed by atoms with Crippen molar-refractivity contribution < 1.29 is 32.3 Å². The molecule has 1 amide bonds. The molecule has 0 saturated carbocycles. The van der Waals surface area contributed by atoms with Crippen LogP contribution in [0.25, 0.3) is 10.2 Å². The molecule has 0 radical (unpaired) electrons. The summed E-state index contributed by atoms with van der Waals surface area (Å²) in [4.78, 5) is 40.9. The van der Waals surface area contributed by atoms with Crippen LogP contribution < -0.4 is 4.80 Å². The summed E-state index contributed by atoms with van der Waals surface area (Å²) in [6.07, 6.45) is 0.0704. The van der Waals surface area contributed by atoms with Gasteiger partial charge in [0.15, 0.2) is 14.6 Å². The molecule has 35 heavy (non-hydrogen) atoms. The van der Waals surface area contributed by atoms with Gasteiger partial charge in [-0.3, -0.25) is 9.59 Å². The van der Waals surface area contributed by atoms with Crippen molar-refractivity contribution in [2.45, 2.75) is 32.1 Å². The van der Waals surface area contributed by atoms with Crippen LogP contribution in [-0.4, -0.2) is 50.3 Å². The van der Waals surface area contributed by atoms with E-state index in [1.807, 2.05) is 6.07 Å². The highest BCUT2D eigenvalue weighted by Crippen LogP contribution is 2.20. The number of carbonyl (C=O) groups is 3. The lowest BCUT2D eigenvalue weighted by molar-refractivity contribution is -0.141. The predicted octanol–water partition coefficient (Wildman–Crippen LogP) is 2.88.